The van der Waals surface area contributed by atoms with Crippen LogP contribution in [0.1, 0.15) is 54.7 Å². The smallest absolute Gasteiger partial charge is 0.0314 e. The van der Waals surface area contributed by atoms with Gasteiger partial charge < -0.3 is 11.5 Å². The predicted molar refractivity (Wildman–Crippen MR) is 102 cm³/mol. The summed E-state index contributed by atoms with van der Waals surface area (Å²) in [5.74, 6) is 7.97. The lowest BCUT2D eigenvalue weighted by atomic mass is 9.77. The Kier molecular flexibility index (Phi) is 5.56. The summed E-state index contributed by atoms with van der Waals surface area (Å²) in [7, 11) is 0. The van der Waals surface area contributed by atoms with Gasteiger partial charge in [0.1, 0.15) is 0 Å². The molecule has 0 unspecified atom stereocenters. The Morgan fingerprint density at radius 1 is 0.792 bits per heavy atom. The zero-order valence-electron chi connectivity index (χ0n) is 14.2. The maximum absolute atomic E-state index is 5.69. The summed E-state index contributed by atoms with van der Waals surface area (Å²) < 4.78 is 0. The van der Waals surface area contributed by atoms with Crippen LogP contribution in [0.25, 0.3) is 0 Å². The van der Waals surface area contributed by atoms with Gasteiger partial charge in [-0.1, -0.05) is 24.0 Å². The van der Waals surface area contributed by atoms with Gasteiger partial charge in [-0.2, -0.15) is 0 Å². The van der Waals surface area contributed by atoms with E-state index in [-0.39, 0.29) is 0 Å². The Balaban J connectivity index is 1.61. The van der Waals surface area contributed by atoms with Crippen molar-refractivity contribution in [2.45, 2.75) is 38.0 Å². The molecule has 2 heteroatoms. The van der Waals surface area contributed by atoms with Gasteiger partial charge in [0.05, 0.1) is 0 Å². The van der Waals surface area contributed by atoms with Crippen molar-refractivity contribution in [3.63, 3.8) is 0 Å². The van der Waals surface area contributed by atoms with E-state index in [1.54, 1.807) is 0 Å². The van der Waals surface area contributed by atoms with Gasteiger partial charge in [-0.25, -0.2) is 0 Å². The van der Waals surface area contributed by atoms with Gasteiger partial charge in [-0.15, -0.1) is 0 Å². The fraction of sp³-hybridized carbons (Fsp3) is 0.364. The van der Waals surface area contributed by atoms with E-state index in [1.807, 2.05) is 24.3 Å². The van der Waals surface area contributed by atoms with Crippen LogP contribution >= 0.6 is 0 Å². The number of nitrogens with two attached hydrogens (primary N) is 2. The Bertz CT molecular complexity index is 696. The molecule has 0 atom stereocenters. The highest BCUT2D eigenvalue weighted by atomic mass is 14.5. The fourth-order valence-corrected chi connectivity index (χ4v) is 3.57. The molecule has 0 heterocycles. The molecule has 2 aromatic carbocycles. The lowest BCUT2D eigenvalue weighted by Crippen LogP contribution is -2.16. The van der Waals surface area contributed by atoms with Gasteiger partial charge in [0.2, 0.25) is 0 Å². The molecule has 2 nitrogen and oxygen atoms in total. The molecule has 0 radical (unpaired) electrons. The van der Waals surface area contributed by atoms with Crippen molar-refractivity contribution < 1.29 is 0 Å². The Labute approximate surface area is 145 Å². The van der Waals surface area contributed by atoms with Crippen LogP contribution in [0.2, 0.25) is 0 Å². The molecule has 2 aromatic rings. The zero-order chi connectivity index (χ0) is 16.8. The summed E-state index contributed by atoms with van der Waals surface area (Å²) in [6.07, 6.45) is 6.41. The number of hydrogen-bond acceptors (Lipinski definition) is 2. The van der Waals surface area contributed by atoms with Crippen molar-refractivity contribution in [1.82, 2.24) is 0 Å². The molecular weight excluding hydrogens is 292 g/mol. The first kappa shape index (κ1) is 16.6. The summed E-state index contributed by atoms with van der Waals surface area (Å²) >= 11 is 0. The van der Waals surface area contributed by atoms with Crippen molar-refractivity contribution in [3.05, 3.63) is 65.2 Å². The third-order valence-corrected chi connectivity index (χ3v) is 5.07. The van der Waals surface area contributed by atoms with Gasteiger partial charge in [0, 0.05) is 16.8 Å². The number of rotatable bonds is 3. The molecule has 0 spiro atoms. The molecule has 1 aliphatic carbocycles. The van der Waals surface area contributed by atoms with Crippen LogP contribution in [0.4, 0.5) is 5.69 Å². The standard InChI is InChI=1S/C22H26N2/c23-16-15-19-5-11-21(12-6-19)20-9-3-17(4-10-20)1-2-18-7-13-22(24)14-8-18/h3-4,7-10,13-14,19,21H,5-6,11-12,15-16,23-24H2. The summed E-state index contributed by atoms with van der Waals surface area (Å²) in [6, 6.07) is 16.5. The molecule has 1 fully saturated rings. The van der Waals surface area contributed by atoms with Crippen molar-refractivity contribution in [1.29, 1.82) is 0 Å². The van der Waals surface area contributed by atoms with E-state index in [4.69, 9.17) is 11.5 Å². The second-order valence-electron chi connectivity index (χ2n) is 6.79. The number of nitrogen functional groups attached to an aromatic ring is 1. The van der Waals surface area contributed by atoms with Crippen LogP contribution in [0.3, 0.4) is 0 Å². The van der Waals surface area contributed by atoms with Crippen LogP contribution in [-0.2, 0) is 0 Å². The minimum atomic E-state index is 0.707. The average Bonchev–Trinajstić information content (AvgIpc) is 2.63. The minimum absolute atomic E-state index is 0.707. The second-order valence-corrected chi connectivity index (χ2v) is 6.79. The lowest BCUT2D eigenvalue weighted by Gasteiger charge is -2.28. The van der Waals surface area contributed by atoms with E-state index in [1.165, 1.54) is 37.7 Å². The van der Waals surface area contributed by atoms with Gasteiger partial charge in [0.15, 0.2) is 0 Å². The topological polar surface area (TPSA) is 52.0 Å². The summed E-state index contributed by atoms with van der Waals surface area (Å²) in [6.45, 7) is 0.830. The van der Waals surface area contributed by atoms with E-state index in [0.717, 1.165) is 29.3 Å². The highest BCUT2D eigenvalue weighted by Crippen LogP contribution is 2.36. The normalized spacial score (nSPS) is 20.2. The summed E-state index contributed by atoms with van der Waals surface area (Å²) in [4.78, 5) is 0. The molecular formula is C22H26N2. The third kappa shape index (κ3) is 4.40. The van der Waals surface area contributed by atoms with E-state index in [9.17, 15) is 0 Å². The van der Waals surface area contributed by atoms with Crippen LogP contribution in [0, 0.1) is 17.8 Å². The van der Waals surface area contributed by atoms with E-state index < -0.39 is 0 Å². The molecule has 24 heavy (non-hydrogen) atoms. The van der Waals surface area contributed by atoms with Gasteiger partial charge >= 0.3 is 0 Å². The quantitative estimate of drug-likeness (QED) is 0.655. The zero-order valence-corrected chi connectivity index (χ0v) is 14.2. The first-order chi connectivity index (χ1) is 11.7. The third-order valence-electron chi connectivity index (χ3n) is 5.07. The fourth-order valence-electron chi connectivity index (χ4n) is 3.57. The van der Waals surface area contributed by atoms with Crippen molar-refractivity contribution in [2.75, 3.05) is 12.3 Å². The van der Waals surface area contributed by atoms with E-state index >= 15 is 0 Å². The maximum atomic E-state index is 5.69. The number of benzene rings is 2. The molecule has 1 saturated carbocycles. The van der Waals surface area contributed by atoms with E-state index in [0.29, 0.717) is 5.92 Å². The SMILES string of the molecule is NCCC1CCC(c2ccc(C#Cc3ccc(N)cc3)cc2)CC1. The average molecular weight is 318 g/mol. The first-order valence-corrected chi connectivity index (χ1v) is 8.92. The number of hydrogen-bond donors (Lipinski definition) is 2. The maximum Gasteiger partial charge on any atom is 0.0314 e. The Morgan fingerprint density at radius 2 is 1.33 bits per heavy atom. The van der Waals surface area contributed by atoms with Gasteiger partial charge in [-0.05, 0) is 92.4 Å². The van der Waals surface area contributed by atoms with Crippen LogP contribution in [-0.4, -0.2) is 6.54 Å². The molecule has 3 rings (SSSR count). The van der Waals surface area contributed by atoms with Crippen LogP contribution < -0.4 is 11.5 Å². The Hall–Kier alpha value is -2.24. The predicted octanol–water partition coefficient (Wildman–Crippen LogP) is 4.29. The van der Waals surface area contributed by atoms with Crippen molar-refractivity contribution in [3.8, 4) is 11.8 Å². The van der Waals surface area contributed by atoms with Crippen LogP contribution in [0.15, 0.2) is 48.5 Å². The Morgan fingerprint density at radius 3 is 1.88 bits per heavy atom. The summed E-state index contributed by atoms with van der Waals surface area (Å²) in [5.41, 5.74) is 15.7. The van der Waals surface area contributed by atoms with Crippen molar-refractivity contribution >= 4 is 5.69 Å². The largest absolute Gasteiger partial charge is 0.399 e. The van der Waals surface area contributed by atoms with Gasteiger partial charge in [-0.3, -0.25) is 0 Å². The van der Waals surface area contributed by atoms with Crippen LogP contribution in [0.5, 0.6) is 0 Å². The molecule has 1 aliphatic rings. The molecule has 0 saturated heterocycles. The minimum Gasteiger partial charge on any atom is -0.399 e. The van der Waals surface area contributed by atoms with Gasteiger partial charge in [0.25, 0.3) is 0 Å². The molecule has 124 valence electrons. The molecule has 0 bridgehead atoms. The monoisotopic (exact) mass is 318 g/mol. The van der Waals surface area contributed by atoms with E-state index in [2.05, 4.69) is 36.1 Å². The lowest BCUT2D eigenvalue weighted by molar-refractivity contribution is 0.313. The molecule has 0 aromatic heterocycles. The highest BCUT2D eigenvalue weighted by molar-refractivity contribution is 5.48. The van der Waals surface area contributed by atoms with Crippen molar-refractivity contribution in [2.24, 2.45) is 11.7 Å². The second kappa shape index (κ2) is 8.04. The highest BCUT2D eigenvalue weighted by Gasteiger charge is 2.21. The molecule has 0 aliphatic heterocycles. The molecule has 0 amide bonds. The molecule has 4 N–H and O–H groups in total. The summed E-state index contributed by atoms with van der Waals surface area (Å²) in [5, 5.41) is 0. The first-order valence-electron chi connectivity index (χ1n) is 8.92. The number of anilines is 1.